The molecule has 11 heavy (non-hydrogen) atoms. The summed E-state index contributed by atoms with van der Waals surface area (Å²) in [6.45, 7) is 9.20. The molecule has 0 aliphatic carbocycles. The summed E-state index contributed by atoms with van der Waals surface area (Å²) < 4.78 is 0. The van der Waals surface area contributed by atoms with Crippen molar-refractivity contribution in [3.63, 3.8) is 0 Å². The molecule has 3 unspecified atom stereocenters. The van der Waals surface area contributed by atoms with Gasteiger partial charge in [-0.05, 0) is 25.3 Å². The molecule has 0 spiro atoms. The van der Waals surface area contributed by atoms with Crippen molar-refractivity contribution in [1.82, 2.24) is 5.32 Å². The highest BCUT2D eigenvalue weighted by Gasteiger charge is 2.17. The Labute approximate surface area is 71.6 Å². The van der Waals surface area contributed by atoms with Crippen molar-refractivity contribution in [2.45, 2.75) is 46.6 Å². The van der Waals surface area contributed by atoms with Gasteiger partial charge < -0.3 is 5.32 Å². The van der Waals surface area contributed by atoms with Crippen LogP contribution in [-0.2, 0) is 0 Å². The molecule has 0 aromatic heterocycles. The van der Waals surface area contributed by atoms with E-state index < -0.39 is 0 Å². The molecule has 0 rings (SSSR count). The van der Waals surface area contributed by atoms with Gasteiger partial charge in [-0.3, -0.25) is 0 Å². The maximum absolute atomic E-state index is 3.37. The molecule has 1 nitrogen and oxygen atoms in total. The van der Waals surface area contributed by atoms with E-state index in [1.54, 1.807) is 0 Å². The minimum atomic E-state index is 0.699. The molecular formula is C10H23N. The first-order valence-corrected chi connectivity index (χ1v) is 4.84. The first-order chi connectivity index (χ1) is 5.17. The second-order valence-corrected chi connectivity index (χ2v) is 3.55. The quantitative estimate of drug-likeness (QED) is 0.647. The largest absolute Gasteiger partial charge is 0.317 e. The van der Waals surface area contributed by atoms with Gasteiger partial charge in [0, 0.05) is 6.04 Å². The minimum absolute atomic E-state index is 0.699. The third kappa shape index (κ3) is 3.24. The average molecular weight is 157 g/mol. The van der Waals surface area contributed by atoms with E-state index in [0.29, 0.717) is 6.04 Å². The maximum Gasteiger partial charge on any atom is 0.00896 e. The molecule has 0 aliphatic rings. The van der Waals surface area contributed by atoms with Crippen molar-refractivity contribution in [2.75, 3.05) is 7.05 Å². The van der Waals surface area contributed by atoms with E-state index in [0.717, 1.165) is 11.8 Å². The summed E-state index contributed by atoms with van der Waals surface area (Å²) in [4.78, 5) is 0. The van der Waals surface area contributed by atoms with Crippen LogP contribution in [0.3, 0.4) is 0 Å². The third-order valence-corrected chi connectivity index (χ3v) is 2.99. The van der Waals surface area contributed by atoms with Crippen LogP contribution in [0.25, 0.3) is 0 Å². The highest BCUT2D eigenvalue weighted by Crippen LogP contribution is 2.19. The highest BCUT2D eigenvalue weighted by atomic mass is 14.9. The third-order valence-electron chi connectivity index (χ3n) is 2.99. The van der Waals surface area contributed by atoms with Gasteiger partial charge in [0.25, 0.3) is 0 Å². The zero-order chi connectivity index (χ0) is 8.85. The molecule has 3 atom stereocenters. The average Bonchev–Trinajstić information content (AvgIpc) is 2.05. The van der Waals surface area contributed by atoms with Gasteiger partial charge in [0.1, 0.15) is 0 Å². The Morgan fingerprint density at radius 1 is 1.09 bits per heavy atom. The van der Waals surface area contributed by atoms with Crippen molar-refractivity contribution in [2.24, 2.45) is 11.8 Å². The summed E-state index contributed by atoms with van der Waals surface area (Å²) in [6, 6.07) is 0.699. The van der Waals surface area contributed by atoms with Gasteiger partial charge in [-0.2, -0.15) is 0 Å². The van der Waals surface area contributed by atoms with Crippen LogP contribution in [0.15, 0.2) is 0 Å². The summed E-state index contributed by atoms with van der Waals surface area (Å²) in [5.41, 5.74) is 0. The van der Waals surface area contributed by atoms with Crippen LogP contribution in [0, 0.1) is 11.8 Å². The highest BCUT2D eigenvalue weighted by molar-refractivity contribution is 4.73. The summed E-state index contributed by atoms with van der Waals surface area (Å²) in [7, 11) is 2.06. The topological polar surface area (TPSA) is 12.0 Å². The Morgan fingerprint density at radius 2 is 1.64 bits per heavy atom. The molecule has 0 amide bonds. The standard InChI is InChI=1S/C10H23N/c1-6-8(3)9(4)10(7-2)11-5/h8-11H,6-7H2,1-5H3. The van der Waals surface area contributed by atoms with Gasteiger partial charge in [-0.15, -0.1) is 0 Å². The van der Waals surface area contributed by atoms with Crippen LogP contribution in [-0.4, -0.2) is 13.1 Å². The second kappa shape index (κ2) is 5.59. The lowest BCUT2D eigenvalue weighted by Gasteiger charge is -2.27. The normalized spacial score (nSPS) is 19.4. The molecule has 0 saturated carbocycles. The van der Waals surface area contributed by atoms with Crippen molar-refractivity contribution in [3.8, 4) is 0 Å². The van der Waals surface area contributed by atoms with Crippen LogP contribution in [0.1, 0.15) is 40.5 Å². The molecule has 1 heteroatoms. The Hall–Kier alpha value is -0.0400. The molecule has 1 N–H and O–H groups in total. The summed E-state index contributed by atoms with van der Waals surface area (Å²) >= 11 is 0. The Bertz CT molecular complexity index is 86.9. The van der Waals surface area contributed by atoms with E-state index in [4.69, 9.17) is 0 Å². The van der Waals surface area contributed by atoms with Gasteiger partial charge >= 0.3 is 0 Å². The van der Waals surface area contributed by atoms with Gasteiger partial charge in [0.05, 0.1) is 0 Å². The smallest absolute Gasteiger partial charge is 0.00896 e. The fraction of sp³-hybridized carbons (Fsp3) is 1.00. The lowest BCUT2D eigenvalue weighted by molar-refractivity contribution is 0.282. The van der Waals surface area contributed by atoms with Crippen molar-refractivity contribution in [3.05, 3.63) is 0 Å². The van der Waals surface area contributed by atoms with E-state index in [2.05, 4.69) is 40.1 Å². The zero-order valence-electron chi connectivity index (χ0n) is 8.65. The van der Waals surface area contributed by atoms with E-state index in [-0.39, 0.29) is 0 Å². The molecule has 0 radical (unpaired) electrons. The molecule has 0 fully saturated rings. The molecule has 0 aromatic rings. The van der Waals surface area contributed by atoms with Crippen molar-refractivity contribution >= 4 is 0 Å². The lowest BCUT2D eigenvalue weighted by atomic mass is 9.86. The van der Waals surface area contributed by atoms with E-state index in [9.17, 15) is 0 Å². The Balaban J connectivity index is 3.86. The number of hydrogen-bond donors (Lipinski definition) is 1. The molecule has 68 valence electrons. The maximum atomic E-state index is 3.37. The molecular weight excluding hydrogens is 134 g/mol. The van der Waals surface area contributed by atoms with Gasteiger partial charge in [0.2, 0.25) is 0 Å². The predicted octanol–water partition coefficient (Wildman–Crippen LogP) is 2.67. The SMILES string of the molecule is CCC(C)C(C)C(CC)NC. The van der Waals surface area contributed by atoms with Gasteiger partial charge in [-0.25, -0.2) is 0 Å². The Morgan fingerprint density at radius 3 is 1.91 bits per heavy atom. The van der Waals surface area contributed by atoms with Crippen LogP contribution in [0.4, 0.5) is 0 Å². The van der Waals surface area contributed by atoms with Gasteiger partial charge in [-0.1, -0.05) is 34.1 Å². The lowest BCUT2D eigenvalue weighted by Crippen LogP contribution is -2.34. The fourth-order valence-electron chi connectivity index (χ4n) is 1.61. The van der Waals surface area contributed by atoms with Gasteiger partial charge in [0.15, 0.2) is 0 Å². The van der Waals surface area contributed by atoms with E-state index in [1.807, 2.05) is 0 Å². The number of rotatable bonds is 5. The predicted molar refractivity (Wildman–Crippen MR) is 51.8 cm³/mol. The minimum Gasteiger partial charge on any atom is -0.317 e. The molecule has 0 aromatic carbocycles. The Kier molecular flexibility index (Phi) is 5.57. The van der Waals surface area contributed by atoms with Crippen molar-refractivity contribution in [1.29, 1.82) is 0 Å². The fourth-order valence-corrected chi connectivity index (χ4v) is 1.61. The first-order valence-electron chi connectivity index (χ1n) is 4.84. The molecule has 0 aliphatic heterocycles. The van der Waals surface area contributed by atoms with Crippen molar-refractivity contribution < 1.29 is 0 Å². The first kappa shape index (κ1) is 11.0. The summed E-state index contributed by atoms with van der Waals surface area (Å²) in [5, 5.41) is 3.37. The van der Waals surface area contributed by atoms with Crippen LogP contribution in [0.2, 0.25) is 0 Å². The van der Waals surface area contributed by atoms with Crippen LogP contribution < -0.4 is 5.32 Å². The van der Waals surface area contributed by atoms with E-state index >= 15 is 0 Å². The molecule has 0 heterocycles. The number of nitrogens with one attached hydrogen (secondary N) is 1. The molecule has 0 saturated heterocycles. The number of hydrogen-bond acceptors (Lipinski definition) is 1. The van der Waals surface area contributed by atoms with E-state index in [1.165, 1.54) is 12.8 Å². The summed E-state index contributed by atoms with van der Waals surface area (Å²) in [5.74, 6) is 1.64. The summed E-state index contributed by atoms with van der Waals surface area (Å²) in [6.07, 6.45) is 2.53. The van der Waals surface area contributed by atoms with Crippen LogP contribution in [0.5, 0.6) is 0 Å². The monoisotopic (exact) mass is 157 g/mol. The molecule has 0 bridgehead atoms. The second-order valence-electron chi connectivity index (χ2n) is 3.55. The zero-order valence-corrected chi connectivity index (χ0v) is 8.65. The van der Waals surface area contributed by atoms with Crippen LogP contribution >= 0.6 is 0 Å².